The predicted octanol–water partition coefficient (Wildman–Crippen LogP) is 1.88. The molecule has 140 valence electrons. The maximum absolute atomic E-state index is 12.3. The highest BCUT2D eigenvalue weighted by molar-refractivity contribution is 5.91. The summed E-state index contributed by atoms with van der Waals surface area (Å²) in [5.41, 5.74) is 3.38. The zero-order valence-electron chi connectivity index (χ0n) is 15.2. The molecule has 1 aliphatic rings. The van der Waals surface area contributed by atoms with Crippen LogP contribution in [0.5, 0.6) is 0 Å². The van der Waals surface area contributed by atoms with Crippen molar-refractivity contribution in [2.75, 3.05) is 6.61 Å². The Labute approximate surface area is 157 Å². The number of benzene rings is 1. The molecule has 1 aliphatic heterocycles. The van der Waals surface area contributed by atoms with E-state index in [4.69, 9.17) is 4.74 Å². The van der Waals surface area contributed by atoms with Gasteiger partial charge in [-0.2, -0.15) is 5.10 Å². The van der Waals surface area contributed by atoms with Crippen molar-refractivity contribution in [1.29, 1.82) is 0 Å². The molecule has 0 saturated carbocycles. The molecule has 2 aromatic heterocycles. The zero-order chi connectivity index (χ0) is 18.6. The first-order valence-electron chi connectivity index (χ1n) is 9.08. The topological polar surface area (TPSA) is 86.9 Å². The fourth-order valence-electron chi connectivity index (χ4n) is 3.17. The van der Waals surface area contributed by atoms with Gasteiger partial charge in [0.25, 0.3) is 5.91 Å². The second-order valence-electron chi connectivity index (χ2n) is 6.72. The summed E-state index contributed by atoms with van der Waals surface area (Å²) in [5.74, 6) is -0.253. The summed E-state index contributed by atoms with van der Waals surface area (Å²) in [7, 11) is 0. The standard InChI is InChI=1S/C19H22N6O2/c1-14-5-2-3-7-18(14)25-11-15(10-21-25)9-20-19(26)17-13-24(23-22-17)12-16-6-4-8-27-16/h2-3,5,7,10-11,13,16H,4,6,8-9,12H2,1H3,(H,20,26)/t16-/m1/s1. The van der Waals surface area contributed by atoms with Crippen LogP contribution in [-0.4, -0.2) is 43.4 Å². The van der Waals surface area contributed by atoms with Gasteiger partial charge >= 0.3 is 0 Å². The quantitative estimate of drug-likeness (QED) is 0.720. The van der Waals surface area contributed by atoms with Gasteiger partial charge in [-0.05, 0) is 31.4 Å². The molecule has 1 aromatic carbocycles. The van der Waals surface area contributed by atoms with Crippen LogP contribution in [0.2, 0.25) is 0 Å². The highest BCUT2D eigenvalue weighted by Gasteiger charge is 2.18. The number of hydrogen-bond acceptors (Lipinski definition) is 5. The van der Waals surface area contributed by atoms with E-state index >= 15 is 0 Å². The molecule has 0 bridgehead atoms. The van der Waals surface area contributed by atoms with Crippen LogP contribution in [0.1, 0.15) is 34.5 Å². The minimum absolute atomic E-state index is 0.162. The molecule has 1 fully saturated rings. The van der Waals surface area contributed by atoms with Crippen molar-refractivity contribution >= 4 is 5.91 Å². The Morgan fingerprint density at radius 1 is 1.33 bits per heavy atom. The lowest BCUT2D eigenvalue weighted by molar-refractivity contribution is 0.0929. The van der Waals surface area contributed by atoms with Gasteiger partial charge in [0.05, 0.1) is 30.7 Å². The van der Waals surface area contributed by atoms with Crippen LogP contribution in [0.3, 0.4) is 0 Å². The maximum atomic E-state index is 12.3. The van der Waals surface area contributed by atoms with Gasteiger partial charge in [0, 0.05) is 24.9 Å². The molecule has 27 heavy (non-hydrogen) atoms. The molecule has 0 unspecified atom stereocenters. The van der Waals surface area contributed by atoms with E-state index in [0.29, 0.717) is 18.8 Å². The molecule has 1 amide bonds. The van der Waals surface area contributed by atoms with Crippen molar-refractivity contribution in [3.05, 3.63) is 59.7 Å². The van der Waals surface area contributed by atoms with Gasteiger partial charge in [0.2, 0.25) is 0 Å². The minimum Gasteiger partial charge on any atom is -0.376 e. The number of carbonyl (C=O) groups excluding carboxylic acids is 1. The average Bonchev–Trinajstić information content (AvgIpc) is 3.43. The van der Waals surface area contributed by atoms with Gasteiger partial charge in [-0.15, -0.1) is 5.10 Å². The highest BCUT2D eigenvalue weighted by Crippen LogP contribution is 2.14. The van der Waals surface area contributed by atoms with Gasteiger partial charge in [0.1, 0.15) is 0 Å². The first kappa shape index (κ1) is 17.4. The lowest BCUT2D eigenvalue weighted by Crippen LogP contribution is -2.23. The smallest absolute Gasteiger partial charge is 0.273 e. The van der Waals surface area contributed by atoms with Gasteiger partial charge in [0.15, 0.2) is 5.69 Å². The number of ether oxygens (including phenoxy) is 1. The monoisotopic (exact) mass is 366 g/mol. The van der Waals surface area contributed by atoms with Gasteiger partial charge in [-0.3, -0.25) is 4.79 Å². The summed E-state index contributed by atoms with van der Waals surface area (Å²) < 4.78 is 9.06. The van der Waals surface area contributed by atoms with Gasteiger partial charge in [-0.25, -0.2) is 9.36 Å². The Hall–Kier alpha value is -3.00. The van der Waals surface area contributed by atoms with Crippen molar-refractivity contribution in [3.8, 4) is 5.69 Å². The number of para-hydroxylation sites is 1. The summed E-state index contributed by atoms with van der Waals surface area (Å²) in [6.07, 6.45) is 7.58. The number of hydrogen-bond donors (Lipinski definition) is 1. The lowest BCUT2D eigenvalue weighted by Gasteiger charge is -2.07. The van der Waals surface area contributed by atoms with E-state index in [1.165, 1.54) is 0 Å². The molecule has 3 aromatic rings. The summed E-state index contributed by atoms with van der Waals surface area (Å²) in [5, 5.41) is 15.2. The van der Waals surface area contributed by atoms with Crippen LogP contribution in [0.25, 0.3) is 5.69 Å². The van der Waals surface area contributed by atoms with Crippen molar-refractivity contribution < 1.29 is 9.53 Å². The Kier molecular flexibility index (Phi) is 4.97. The fourth-order valence-corrected chi connectivity index (χ4v) is 3.17. The number of rotatable bonds is 6. The third kappa shape index (κ3) is 4.06. The molecule has 0 spiro atoms. The number of aromatic nitrogens is 5. The number of aryl methyl sites for hydroxylation is 1. The molecular weight excluding hydrogens is 344 g/mol. The van der Waals surface area contributed by atoms with E-state index < -0.39 is 0 Å². The average molecular weight is 366 g/mol. The van der Waals surface area contributed by atoms with Crippen LogP contribution in [0.4, 0.5) is 0 Å². The second-order valence-corrected chi connectivity index (χ2v) is 6.72. The number of nitrogens with one attached hydrogen (secondary N) is 1. The van der Waals surface area contributed by atoms with Crippen molar-refractivity contribution in [2.45, 2.75) is 39.0 Å². The highest BCUT2D eigenvalue weighted by atomic mass is 16.5. The van der Waals surface area contributed by atoms with E-state index in [1.807, 2.05) is 42.1 Å². The second kappa shape index (κ2) is 7.71. The van der Waals surface area contributed by atoms with E-state index in [9.17, 15) is 4.79 Å². The molecule has 1 saturated heterocycles. The van der Waals surface area contributed by atoms with Crippen molar-refractivity contribution in [1.82, 2.24) is 30.1 Å². The molecule has 0 radical (unpaired) electrons. The summed E-state index contributed by atoms with van der Waals surface area (Å²) in [6, 6.07) is 8.02. The Morgan fingerprint density at radius 3 is 3.04 bits per heavy atom. The Bertz CT molecular complexity index is 926. The molecule has 1 atom stereocenters. The maximum Gasteiger partial charge on any atom is 0.273 e. The third-order valence-electron chi connectivity index (χ3n) is 4.64. The summed E-state index contributed by atoms with van der Waals surface area (Å²) >= 11 is 0. The van der Waals surface area contributed by atoms with E-state index in [2.05, 4.69) is 20.7 Å². The van der Waals surface area contributed by atoms with E-state index in [0.717, 1.165) is 36.3 Å². The number of carbonyl (C=O) groups is 1. The lowest BCUT2D eigenvalue weighted by atomic mass is 10.2. The van der Waals surface area contributed by atoms with Gasteiger partial charge < -0.3 is 10.1 Å². The predicted molar refractivity (Wildman–Crippen MR) is 98.5 cm³/mol. The number of amides is 1. The van der Waals surface area contributed by atoms with Crippen LogP contribution in [-0.2, 0) is 17.8 Å². The molecule has 0 aliphatic carbocycles. The summed E-state index contributed by atoms with van der Waals surface area (Å²) in [4.78, 5) is 12.3. The third-order valence-corrected chi connectivity index (χ3v) is 4.64. The fraction of sp³-hybridized carbons (Fsp3) is 0.368. The van der Waals surface area contributed by atoms with E-state index in [-0.39, 0.29) is 12.0 Å². The molecule has 8 nitrogen and oxygen atoms in total. The van der Waals surface area contributed by atoms with Gasteiger partial charge in [-0.1, -0.05) is 23.4 Å². The number of nitrogens with zero attached hydrogens (tertiary/aromatic N) is 5. The molecule has 3 heterocycles. The molecule has 1 N–H and O–H groups in total. The van der Waals surface area contributed by atoms with Crippen LogP contribution in [0.15, 0.2) is 42.9 Å². The first-order valence-corrected chi connectivity index (χ1v) is 9.08. The first-order chi connectivity index (χ1) is 13.2. The van der Waals surface area contributed by atoms with Crippen molar-refractivity contribution in [3.63, 3.8) is 0 Å². The Balaban J connectivity index is 1.34. The Morgan fingerprint density at radius 2 is 2.22 bits per heavy atom. The molecule has 8 heteroatoms. The van der Waals surface area contributed by atoms with Crippen LogP contribution in [0, 0.1) is 6.92 Å². The van der Waals surface area contributed by atoms with E-state index in [1.54, 1.807) is 17.1 Å². The SMILES string of the molecule is Cc1ccccc1-n1cc(CNC(=O)c2cn(C[C@H]3CCCO3)nn2)cn1. The van der Waals surface area contributed by atoms with Crippen molar-refractivity contribution in [2.24, 2.45) is 0 Å². The largest absolute Gasteiger partial charge is 0.376 e. The van der Waals surface area contributed by atoms with Crippen LogP contribution < -0.4 is 5.32 Å². The minimum atomic E-state index is -0.253. The van der Waals surface area contributed by atoms with Crippen LogP contribution >= 0.6 is 0 Å². The summed E-state index contributed by atoms with van der Waals surface area (Å²) in [6.45, 7) is 3.84. The molecular formula is C19H22N6O2. The molecule has 4 rings (SSSR count). The zero-order valence-corrected chi connectivity index (χ0v) is 15.2. The normalized spacial score (nSPS) is 16.6.